The lowest BCUT2D eigenvalue weighted by Gasteiger charge is -2.13. The number of carbonyl (C=O) groups excluding carboxylic acids is 1. The van der Waals surface area contributed by atoms with Gasteiger partial charge in [-0.05, 0) is 30.5 Å². The van der Waals surface area contributed by atoms with Crippen LogP contribution in [0.25, 0.3) is 0 Å². The second-order valence-electron chi connectivity index (χ2n) is 4.80. The monoisotopic (exact) mass is 280 g/mol. The normalized spacial score (nSPS) is 13.5. The molecule has 0 saturated heterocycles. The number of carboxylic acids is 1. The van der Waals surface area contributed by atoms with E-state index in [9.17, 15) is 9.59 Å². The standard InChI is InChI=1S/C14H20N2O4/c1-9(14(19)20)6-7-16-13(18)12(15)8-10-2-4-11(17)5-3-10/h2-5,9,12,17H,6-8,15H2,1H3,(H,16,18)(H,19,20). The number of hydrogen-bond acceptors (Lipinski definition) is 4. The molecule has 1 amide bonds. The van der Waals surface area contributed by atoms with Gasteiger partial charge in [0.15, 0.2) is 0 Å². The average Bonchev–Trinajstić information content (AvgIpc) is 2.40. The summed E-state index contributed by atoms with van der Waals surface area (Å²) in [4.78, 5) is 22.4. The first kappa shape index (κ1) is 16.0. The number of nitrogens with one attached hydrogen (secondary N) is 1. The van der Waals surface area contributed by atoms with E-state index in [1.807, 2.05) is 0 Å². The zero-order chi connectivity index (χ0) is 15.1. The molecule has 2 atom stereocenters. The number of amides is 1. The molecule has 0 aliphatic carbocycles. The SMILES string of the molecule is CC(CCNC(=O)C(N)Cc1ccc(O)cc1)C(=O)O. The number of carboxylic acid groups (broad SMARTS) is 1. The Bertz CT molecular complexity index is 459. The number of nitrogens with two attached hydrogens (primary N) is 1. The summed E-state index contributed by atoms with van der Waals surface area (Å²) in [6.45, 7) is 1.88. The quantitative estimate of drug-likeness (QED) is 0.580. The van der Waals surface area contributed by atoms with Gasteiger partial charge in [-0.1, -0.05) is 19.1 Å². The van der Waals surface area contributed by atoms with Crippen LogP contribution < -0.4 is 11.1 Å². The summed E-state index contributed by atoms with van der Waals surface area (Å²) in [7, 11) is 0. The molecule has 0 heterocycles. The van der Waals surface area contributed by atoms with Gasteiger partial charge in [0.05, 0.1) is 12.0 Å². The van der Waals surface area contributed by atoms with Crippen molar-refractivity contribution < 1.29 is 19.8 Å². The maximum atomic E-state index is 11.7. The van der Waals surface area contributed by atoms with E-state index in [2.05, 4.69) is 5.32 Å². The van der Waals surface area contributed by atoms with Crippen LogP contribution in [0, 0.1) is 5.92 Å². The molecule has 0 bridgehead atoms. The first-order chi connectivity index (χ1) is 9.40. The Kier molecular flexibility index (Phi) is 5.99. The van der Waals surface area contributed by atoms with Crippen molar-refractivity contribution in [3.63, 3.8) is 0 Å². The zero-order valence-corrected chi connectivity index (χ0v) is 11.4. The average molecular weight is 280 g/mol. The first-order valence-corrected chi connectivity index (χ1v) is 6.44. The minimum absolute atomic E-state index is 0.162. The summed E-state index contributed by atoms with van der Waals surface area (Å²) in [5.74, 6) is -1.53. The van der Waals surface area contributed by atoms with Gasteiger partial charge in [0.1, 0.15) is 5.75 Å². The fourth-order valence-corrected chi connectivity index (χ4v) is 1.65. The Morgan fingerprint density at radius 2 is 1.90 bits per heavy atom. The smallest absolute Gasteiger partial charge is 0.306 e. The molecule has 1 aromatic rings. The van der Waals surface area contributed by atoms with Crippen LogP contribution in [0.2, 0.25) is 0 Å². The maximum Gasteiger partial charge on any atom is 0.306 e. The van der Waals surface area contributed by atoms with Crippen LogP contribution in [-0.2, 0) is 16.0 Å². The Morgan fingerprint density at radius 3 is 2.45 bits per heavy atom. The number of aromatic hydroxyl groups is 1. The van der Waals surface area contributed by atoms with Gasteiger partial charge < -0.3 is 21.3 Å². The highest BCUT2D eigenvalue weighted by Crippen LogP contribution is 2.10. The molecule has 1 rings (SSSR count). The van der Waals surface area contributed by atoms with Gasteiger partial charge in [-0.25, -0.2) is 0 Å². The Hall–Kier alpha value is -2.08. The Labute approximate surface area is 117 Å². The highest BCUT2D eigenvalue weighted by Gasteiger charge is 2.15. The second-order valence-corrected chi connectivity index (χ2v) is 4.80. The predicted molar refractivity (Wildman–Crippen MR) is 74.2 cm³/mol. The van der Waals surface area contributed by atoms with Gasteiger partial charge >= 0.3 is 5.97 Å². The number of phenols is 1. The molecule has 1 aromatic carbocycles. The van der Waals surface area contributed by atoms with Crippen LogP contribution in [0.15, 0.2) is 24.3 Å². The summed E-state index contributed by atoms with van der Waals surface area (Å²) in [5.41, 5.74) is 6.62. The molecule has 0 fully saturated rings. The van der Waals surface area contributed by atoms with E-state index in [4.69, 9.17) is 15.9 Å². The van der Waals surface area contributed by atoms with Gasteiger partial charge in [0.25, 0.3) is 0 Å². The molecule has 0 aromatic heterocycles. The van der Waals surface area contributed by atoms with E-state index in [0.717, 1.165) is 5.56 Å². The van der Waals surface area contributed by atoms with Crippen molar-refractivity contribution in [2.75, 3.05) is 6.54 Å². The number of phenolic OH excluding ortho intramolecular Hbond substituents is 1. The fraction of sp³-hybridized carbons (Fsp3) is 0.429. The number of carbonyl (C=O) groups is 2. The second kappa shape index (κ2) is 7.49. The topological polar surface area (TPSA) is 113 Å². The molecule has 5 N–H and O–H groups in total. The van der Waals surface area contributed by atoms with E-state index in [-0.39, 0.29) is 18.2 Å². The van der Waals surface area contributed by atoms with E-state index in [0.29, 0.717) is 12.8 Å². The van der Waals surface area contributed by atoms with Gasteiger partial charge in [-0.3, -0.25) is 9.59 Å². The van der Waals surface area contributed by atoms with Crippen molar-refractivity contribution >= 4 is 11.9 Å². The summed E-state index contributed by atoms with van der Waals surface area (Å²) < 4.78 is 0. The third-order valence-electron chi connectivity index (χ3n) is 3.03. The Balaban J connectivity index is 2.35. The third kappa shape index (κ3) is 5.27. The van der Waals surface area contributed by atoms with Crippen LogP contribution in [0.5, 0.6) is 5.75 Å². The molecule has 0 saturated carbocycles. The lowest BCUT2D eigenvalue weighted by Crippen LogP contribution is -2.42. The summed E-state index contributed by atoms with van der Waals surface area (Å²) in [6.07, 6.45) is 0.730. The zero-order valence-electron chi connectivity index (χ0n) is 11.4. The molecule has 2 unspecified atom stereocenters. The van der Waals surface area contributed by atoms with Crippen molar-refractivity contribution in [1.29, 1.82) is 0 Å². The van der Waals surface area contributed by atoms with Gasteiger partial charge in [0, 0.05) is 6.54 Å². The highest BCUT2D eigenvalue weighted by molar-refractivity contribution is 5.81. The van der Waals surface area contributed by atoms with Crippen LogP contribution in [-0.4, -0.2) is 34.7 Å². The Morgan fingerprint density at radius 1 is 1.30 bits per heavy atom. The van der Waals surface area contributed by atoms with Crippen molar-refractivity contribution in [3.8, 4) is 5.75 Å². The van der Waals surface area contributed by atoms with Crippen molar-refractivity contribution in [2.45, 2.75) is 25.8 Å². The summed E-state index contributed by atoms with van der Waals surface area (Å²) in [5, 5.41) is 20.5. The van der Waals surface area contributed by atoms with E-state index < -0.39 is 17.9 Å². The summed E-state index contributed by atoms with van der Waals surface area (Å²) >= 11 is 0. The van der Waals surface area contributed by atoms with Crippen LogP contribution in [0.3, 0.4) is 0 Å². The van der Waals surface area contributed by atoms with Crippen LogP contribution in [0.4, 0.5) is 0 Å². The molecule has 6 nitrogen and oxygen atoms in total. The fourth-order valence-electron chi connectivity index (χ4n) is 1.65. The van der Waals surface area contributed by atoms with Crippen molar-refractivity contribution in [2.24, 2.45) is 11.7 Å². The van der Waals surface area contributed by atoms with Crippen LogP contribution >= 0.6 is 0 Å². The lowest BCUT2D eigenvalue weighted by molar-refractivity contribution is -0.141. The maximum absolute atomic E-state index is 11.7. The highest BCUT2D eigenvalue weighted by atomic mass is 16.4. The number of benzene rings is 1. The molecular formula is C14H20N2O4. The molecule has 0 aliphatic rings. The van der Waals surface area contributed by atoms with E-state index in [1.165, 1.54) is 12.1 Å². The van der Waals surface area contributed by atoms with Crippen molar-refractivity contribution in [1.82, 2.24) is 5.32 Å². The first-order valence-electron chi connectivity index (χ1n) is 6.44. The summed E-state index contributed by atoms with van der Waals surface area (Å²) in [6, 6.07) is 5.78. The molecule has 6 heteroatoms. The number of hydrogen-bond donors (Lipinski definition) is 4. The molecular weight excluding hydrogens is 260 g/mol. The van der Waals surface area contributed by atoms with E-state index in [1.54, 1.807) is 19.1 Å². The minimum atomic E-state index is -0.882. The van der Waals surface area contributed by atoms with Gasteiger partial charge in [0.2, 0.25) is 5.91 Å². The molecule has 0 spiro atoms. The molecule has 0 aliphatic heterocycles. The van der Waals surface area contributed by atoms with E-state index >= 15 is 0 Å². The third-order valence-corrected chi connectivity index (χ3v) is 3.03. The van der Waals surface area contributed by atoms with Crippen LogP contribution in [0.1, 0.15) is 18.9 Å². The van der Waals surface area contributed by atoms with Gasteiger partial charge in [-0.2, -0.15) is 0 Å². The molecule has 0 radical (unpaired) electrons. The molecule has 20 heavy (non-hydrogen) atoms. The van der Waals surface area contributed by atoms with Crippen molar-refractivity contribution in [3.05, 3.63) is 29.8 Å². The largest absolute Gasteiger partial charge is 0.508 e. The predicted octanol–water partition coefficient (Wildman–Crippen LogP) is 0.489. The van der Waals surface area contributed by atoms with Gasteiger partial charge in [-0.15, -0.1) is 0 Å². The minimum Gasteiger partial charge on any atom is -0.508 e. The molecule has 110 valence electrons. The number of aliphatic carboxylic acids is 1. The lowest BCUT2D eigenvalue weighted by atomic mass is 10.1. The number of rotatable bonds is 7.